The van der Waals surface area contributed by atoms with Crippen LogP contribution in [0.4, 0.5) is 0 Å². The fraction of sp³-hybridized carbons (Fsp3) is 0. The number of hydrogen-bond acceptors (Lipinski definition) is 6. The summed E-state index contributed by atoms with van der Waals surface area (Å²) in [6.07, 6.45) is 0. The van der Waals surface area contributed by atoms with Gasteiger partial charge in [0.25, 0.3) is 0 Å². The van der Waals surface area contributed by atoms with Gasteiger partial charge in [-0.3, -0.25) is 0 Å². The summed E-state index contributed by atoms with van der Waals surface area (Å²) in [5.41, 5.74) is 0. The maximum Gasteiger partial charge on any atom is 0.106 e. The zero-order valence-electron chi connectivity index (χ0n) is 10.5. The SMILES string of the molecule is C=O.C=O.C=O.C=O.C=O.C=O.[Cr].[c-]1ccccc1. The zero-order chi connectivity index (χ0) is 16.2. The van der Waals surface area contributed by atoms with E-state index in [1.807, 2.05) is 71.1 Å². The molecule has 0 aromatic heterocycles. The fourth-order valence-electron chi connectivity index (χ4n) is 0.342. The van der Waals surface area contributed by atoms with Crippen molar-refractivity contribution < 1.29 is 46.1 Å². The average molecular weight is 309 g/mol. The van der Waals surface area contributed by atoms with E-state index in [9.17, 15) is 0 Å². The summed E-state index contributed by atoms with van der Waals surface area (Å²) in [7, 11) is 0. The van der Waals surface area contributed by atoms with Crippen LogP contribution in [0.15, 0.2) is 30.3 Å². The Morgan fingerprint density at radius 3 is 0.737 bits per heavy atom. The van der Waals surface area contributed by atoms with E-state index >= 15 is 0 Å². The van der Waals surface area contributed by atoms with E-state index in [2.05, 4.69) is 6.07 Å². The Kier molecular flexibility index (Phi) is 556. The van der Waals surface area contributed by atoms with Crippen LogP contribution in [0.5, 0.6) is 0 Å². The molecule has 0 spiro atoms. The Morgan fingerprint density at radius 1 is 0.474 bits per heavy atom. The molecule has 1 rings (SSSR count). The normalized spacial score (nSPS) is 3.79. The maximum absolute atomic E-state index is 8.00. The number of carbonyl (C=O) groups is 6. The van der Waals surface area contributed by atoms with Gasteiger partial charge in [0.2, 0.25) is 0 Å². The fourth-order valence-corrected chi connectivity index (χ4v) is 0.342. The van der Waals surface area contributed by atoms with Gasteiger partial charge in [-0.1, -0.05) is 0 Å². The van der Waals surface area contributed by atoms with Crippen molar-refractivity contribution in [2.45, 2.75) is 0 Å². The van der Waals surface area contributed by atoms with E-state index in [-0.39, 0.29) is 17.4 Å². The summed E-state index contributed by atoms with van der Waals surface area (Å²) >= 11 is 0. The number of carbonyl (C=O) groups excluding carboxylic acids is 6. The van der Waals surface area contributed by atoms with Crippen molar-refractivity contribution in [3.8, 4) is 0 Å². The summed E-state index contributed by atoms with van der Waals surface area (Å²) in [6.45, 7) is 12.0. The van der Waals surface area contributed by atoms with Crippen molar-refractivity contribution >= 4 is 40.7 Å². The van der Waals surface area contributed by atoms with Gasteiger partial charge in [0.1, 0.15) is 40.7 Å². The largest absolute Gasteiger partial charge is 0.307 e. The number of benzene rings is 1. The first-order chi connectivity index (χ1) is 9.00. The van der Waals surface area contributed by atoms with Crippen molar-refractivity contribution in [3.05, 3.63) is 36.4 Å². The number of hydrogen-bond donors (Lipinski definition) is 0. The molecular weight excluding hydrogens is 292 g/mol. The van der Waals surface area contributed by atoms with E-state index in [1.165, 1.54) is 0 Å². The van der Waals surface area contributed by atoms with Crippen molar-refractivity contribution in [1.82, 2.24) is 0 Å². The molecule has 7 heteroatoms. The van der Waals surface area contributed by atoms with Gasteiger partial charge >= 0.3 is 0 Å². The molecule has 1 aromatic carbocycles. The van der Waals surface area contributed by atoms with Crippen molar-refractivity contribution in [3.63, 3.8) is 0 Å². The van der Waals surface area contributed by atoms with Crippen molar-refractivity contribution in [2.24, 2.45) is 0 Å². The third-order valence-corrected chi connectivity index (χ3v) is 0.607. The molecule has 0 radical (unpaired) electrons. The van der Waals surface area contributed by atoms with Gasteiger partial charge in [-0.05, 0) is 0 Å². The van der Waals surface area contributed by atoms with E-state index in [0.717, 1.165) is 0 Å². The minimum Gasteiger partial charge on any atom is -0.307 e. The Hall–Kier alpha value is -2.23. The molecule has 1 aromatic rings. The van der Waals surface area contributed by atoms with E-state index in [4.69, 9.17) is 28.8 Å². The average Bonchev–Trinajstić information content (AvgIpc) is 2.60. The maximum atomic E-state index is 8.00. The molecule has 0 aliphatic rings. The van der Waals surface area contributed by atoms with Crippen LogP contribution in [0.3, 0.4) is 0 Å². The third-order valence-electron chi connectivity index (χ3n) is 0.607. The summed E-state index contributed by atoms with van der Waals surface area (Å²) in [6, 6.07) is 12.5. The van der Waals surface area contributed by atoms with Crippen LogP contribution >= 0.6 is 0 Å². The second kappa shape index (κ2) is 242. The minimum absolute atomic E-state index is 0. The van der Waals surface area contributed by atoms with Crippen LogP contribution in [0.25, 0.3) is 0 Å². The second-order valence-electron chi connectivity index (χ2n) is 1.08. The first-order valence-electron chi connectivity index (χ1n) is 3.64. The predicted molar refractivity (Wildman–Crippen MR) is 68.0 cm³/mol. The Labute approximate surface area is 123 Å². The monoisotopic (exact) mass is 309 g/mol. The third kappa shape index (κ3) is 210. The van der Waals surface area contributed by atoms with Crippen LogP contribution in [-0.2, 0) is 46.1 Å². The molecule has 0 saturated heterocycles. The molecule has 6 nitrogen and oxygen atoms in total. The predicted octanol–water partition coefficient (Wildman–Crippen LogP) is 0.375. The molecule has 0 saturated carbocycles. The molecule has 0 atom stereocenters. The number of rotatable bonds is 0. The van der Waals surface area contributed by atoms with Crippen LogP contribution in [0.1, 0.15) is 0 Å². The molecule has 108 valence electrons. The van der Waals surface area contributed by atoms with Gasteiger partial charge in [-0.2, -0.15) is 36.4 Å². The molecule has 0 fully saturated rings. The smallest absolute Gasteiger partial charge is 0.106 e. The van der Waals surface area contributed by atoms with Gasteiger partial charge in [0, 0.05) is 17.4 Å². The Balaban J connectivity index is -0.0000000195. The Morgan fingerprint density at radius 2 is 0.684 bits per heavy atom. The second-order valence-corrected chi connectivity index (χ2v) is 1.08. The van der Waals surface area contributed by atoms with Gasteiger partial charge in [-0.25, -0.2) is 0 Å². The van der Waals surface area contributed by atoms with Gasteiger partial charge in [0.05, 0.1) is 0 Å². The first kappa shape index (κ1) is 43.7. The molecule has 0 heterocycles. The molecule has 0 aliphatic carbocycles. The van der Waals surface area contributed by atoms with E-state index < -0.39 is 0 Å². The van der Waals surface area contributed by atoms with Gasteiger partial charge < -0.3 is 28.8 Å². The van der Waals surface area contributed by atoms with Crippen molar-refractivity contribution in [1.29, 1.82) is 0 Å². The van der Waals surface area contributed by atoms with Gasteiger partial charge in [0.15, 0.2) is 0 Å². The molecule has 19 heavy (non-hydrogen) atoms. The van der Waals surface area contributed by atoms with E-state index in [0.29, 0.717) is 0 Å². The topological polar surface area (TPSA) is 102 Å². The zero-order valence-corrected chi connectivity index (χ0v) is 11.8. The van der Waals surface area contributed by atoms with Crippen LogP contribution < -0.4 is 0 Å². The van der Waals surface area contributed by atoms with Gasteiger partial charge in [-0.15, -0.1) is 0 Å². The van der Waals surface area contributed by atoms with E-state index in [1.54, 1.807) is 0 Å². The molecule has 0 N–H and O–H groups in total. The standard InChI is InChI=1S/C6H5.6CH2O.Cr/c1-2-4-6-5-3-1;6*1-2;/h1-5H;6*1H2;/q-1;;;;;;;. The molecule has 0 bridgehead atoms. The van der Waals surface area contributed by atoms with Crippen LogP contribution in [0, 0.1) is 6.07 Å². The minimum atomic E-state index is 0. The van der Waals surface area contributed by atoms with Crippen LogP contribution in [0.2, 0.25) is 0 Å². The van der Waals surface area contributed by atoms with Crippen LogP contribution in [-0.4, -0.2) is 40.7 Å². The van der Waals surface area contributed by atoms with Crippen molar-refractivity contribution in [2.75, 3.05) is 0 Å². The first-order valence-corrected chi connectivity index (χ1v) is 3.64. The summed E-state index contributed by atoms with van der Waals surface area (Å²) in [4.78, 5) is 48.0. The molecule has 0 aliphatic heterocycles. The quantitative estimate of drug-likeness (QED) is 0.642. The Bertz CT molecular complexity index is 147. The molecular formula is C12H17CrO6-. The summed E-state index contributed by atoms with van der Waals surface area (Å²) in [5.74, 6) is 0. The molecule has 0 unspecified atom stereocenters. The summed E-state index contributed by atoms with van der Waals surface area (Å²) < 4.78 is 0. The molecule has 0 amide bonds. The summed E-state index contributed by atoms with van der Waals surface area (Å²) in [5, 5.41) is 0.